The van der Waals surface area contributed by atoms with Crippen LogP contribution in [-0.4, -0.2) is 35.9 Å². The largest absolute Gasteiger partial charge is 2.00 e. The number of nitrogens with zero attached hydrogens (tertiary/aromatic N) is 4. The average molecular weight is 726 g/mol. The maximum Gasteiger partial charge on any atom is 2.00 e. The van der Waals surface area contributed by atoms with Crippen molar-refractivity contribution in [1.82, 2.24) is 9.97 Å². The van der Waals surface area contributed by atoms with Gasteiger partial charge in [0.15, 0.2) is 11.0 Å². The van der Waals surface area contributed by atoms with Gasteiger partial charge in [-0.15, -0.1) is 5.11 Å². The number of aromatic nitrogens is 2. The molecule has 1 aromatic heterocycles. The van der Waals surface area contributed by atoms with Gasteiger partial charge in [-0.05, 0) is 52.7 Å². The van der Waals surface area contributed by atoms with Crippen molar-refractivity contribution in [3.8, 4) is 11.5 Å². The standard InChI is InChI=1S/C20H12Cl3N5O8S2.Cu.2Na/c21-15-18(22)25-20(23)26-19(15)24-9-1-3-11-8(5-9)6-14(38(34,35)36)16(17(11)30)28-27-12-7-10(37(31,32)33)2-4-13(12)29;;;/h1-7,29-30H,(H,24,25,26)(H,31,32,33)(H,34,35,36);;;/q;+2;2*+1/p-4. The van der Waals surface area contributed by atoms with Gasteiger partial charge in [-0.3, -0.25) is 0 Å². The molecule has 41 heavy (non-hydrogen) atoms. The van der Waals surface area contributed by atoms with Crippen LogP contribution in [0.4, 0.5) is 22.9 Å². The van der Waals surface area contributed by atoms with Crippen LogP contribution < -0.4 is 74.6 Å². The van der Waals surface area contributed by atoms with Gasteiger partial charge in [-0.25, -0.2) is 21.8 Å². The Morgan fingerprint density at radius 3 is 2.10 bits per heavy atom. The molecule has 13 nitrogen and oxygen atoms in total. The van der Waals surface area contributed by atoms with E-state index in [9.17, 15) is 36.2 Å². The number of rotatable bonds is 6. The quantitative estimate of drug-likeness (QED) is 0.0732. The molecule has 0 aliphatic carbocycles. The smallest absolute Gasteiger partial charge is 0.871 e. The molecule has 1 N–H and O–H groups in total. The average Bonchev–Trinajstić information content (AvgIpc) is 2.81. The van der Waals surface area contributed by atoms with Crippen LogP contribution in [0.2, 0.25) is 15.5 Å². The molecule has 207 valence electrons. The summed E-state index contributed by atoms with van der Waals surface area (Å²) in [6.45, 7) is 0. The molecule has 3 aromatic carbocycles. The van der Waals surface area contributed by atoms with E-state index in [2.05, 4.69) is 25.5 Å². The topological polar surface area (TPSA) is 223 Å². The van der Waals surface area contributed by atoms with E-state index >= 15 is 0 Å². The molecule has 0 aliphatic heterocycles. The van der Waals surface area contributed by atoms with Crippen LogP contribution in [0.15, 0.2) is 62.5 Å². The van der Waals surface area contributed by atoms with Crippen LogP contribution >= 0.6 is 34.8 Å². The number of anilines is 2. The summed E-state index contributed by atoms with van der Waals surface area (Å²) in [5.74, 6) is -1.94. The Morgan fingerprint density at radius 1 is 0.829 bits per heavy atom. The van der Waals surface area contributed by atoms with Gasteiger partial charge in [0.1, 0.15) is 25.3 Å². The third-order valence-corrected chi connectivity index (χ3v) is 7.40. The van der Waals surface area contributed by atoms with Gasteiger partial charge in [-0.2, -0.15) is 10.1 Å². The summed E-state index contributed by atoms with van der Waals surface area (Å²) in [4.78, 5) is 5.68. The van der Waals surface area contributed by atoms with E-state index in [1.165, 1.54) is 18.2 Å². The number of halogens is 3. The second kappa shape index (κ2) is 14.8. The van der Waals surface area contributed by atoms with E-state index in [4.69, 9.17) is 34.8 Å². The Bertz CT molecular complexity index is 1890. The van der Waals surface area contributed by atoms with E-state index in [0.29, 0.717) is 6.07 Å². The zero-order valence-electron chi connectivity index (χ0n) is 20.3. The number of fused-ring (bicyclic) bond motifs is 1. The first kappa shape index (κ1) is 38.2. The molecular formula is C20H8Cl3CuN5Na2O8S2. The Hall–Kier alpha value is -0.791. The summed E-state index contributed by atoms with van der Waals surface area (Å²) < 4.78 is 69.5. The van der Waals surface area contributed by atoms with Gasteiger partial charge in [0.05, 0.1) is 21.2 Å². The van der Waals surface area contributed by atoms with Gasteiger partial charge in [-0.1, -0.05) is 46.8 Å². The molecule has 0 saturated carbocycles. The van der Waals surface area contributed by atoms with Gasteiger partial charge in [0.25, 0.3) is 0 Å². The third-order valence-electron chi connectivity index (χ3n) is 4.82. The minimum atomic E-state index is -5.31. The predicted molar refractivity (Wildman–Crippen MR) is 130 cm³/mol. The van der Waals surface area contributed by atoms with Crippen LogP contribution in [0.1, 0.15) is 0 Å². The van der Waals surface area contributed by atoms with Crippen LogP contribution in [0.5, 0.6) is 11.5 Å². The number of hydrogen-bond donors (Lipinski definition) is 1. The molecule has 0 aliphatic rings. The minimum Gasteiger partial charge on any atom is -0.871 e. The van der Waals surface area contributed by atoms with E-state index in [0.717, 1.165) is 18.2 Å². The second-order valence-corrected chi connectivity index (χ2v) is 11.1. The Morgan fingerprint density at radius 2 is 1.49 bits per heavy atom. The molecule has 4 aromatic rings. The van der Waals surface area contributed by atoms with Crippen LogP contribution in [-0.2, 0) is 37.3 Å². The predicted octanol–water partition coefficient (Wildman–Crippen LogP) is -2.29. The second-order valence-electron chi connectivity index (χ2n) is 7.30. The van der Waals surface area contributed by atoms with Crippen molar-refractivity contribution in [3.05, 3.63) is 57.9 Å². The molecule has 21 heteroatoms. The SMILES string of the molecule is O=S(=O)([O-])c1ccc([O-])c(N=Nc2c(S(=O)(=O)[O-])cc3cc(Nc4nc(Cl)nc(Cl)c4Cl)ccc3c2[O-])c1.[Cu+2].[Na+].[Na+]. The van der Waals surface area contributed by atoms with E-state index < -0.39 is 52.9 Å². The van der Waals surface area contributed by atoms with Crippen molar-refractivity contribution in [2.45, 2.75) is 9.79 Å². The van der Waals surface area contributed by atoms with Crippen molar-refractivity contribution in [3.63, 3.8) is 0 Å². The van der Waals surface area contributed by atoms with Crippen molar-refractivity contribution in [1.29, 1.82) is 0 Å². The summed E-state index contributed by atoms with van der Waals surface area (Å²) in [6, 6.07) is 6.87. The summed E-state index contributed by atoms with van der Waals surface area (Å²) in [5, 5.41) is 34.2. The number of hydrogen-bond acceptors (Lipinski definition) is 13. The first-order valence-corrected chi connectivity index (χ1v) is 13.7. The van der Waals surface area contributed by atoms with Crippen molar-refractivity contribution in [2.24, 2.45) is 10.2 Å². The van der Waals surface area contributed by atoms with Crippen LogP contribution in [0.25, 0.3) is 10.8 Å². The molecule has 0 amide bonds. The summed E-state index contributed by atoms with van der Waals surface area (Å²) in [7, 11) is -10.3. The van der Waals surface area contributed by atoms with Crippen LogP contribution in [0.3, 0.4) is 0 Å². The van der Waals surface area contributed by atoms with Crippen molar-refractivity contribution in [2.75, 3.05) is 5.32 Å². The van der Waals surface area contributed by atoms with Gasteiger partial charge in [0, 0.05) is 5.69 Å². The van der Waals surface area contributed by atoms with Crippen LogP contribution in [0, 0.1) is 0 Å². The maximum atomic E-state index is 13.1. The third kappa shape index (κ3) is 8.88. The zero-order chi connectivity index (χ0) is 28.0. The fraction of sp³-hybridized carbons (Fsp3) is 0. The Kier molecular flexibility index (Phi) is 13.8. The minimum absolute atomic E-state index is 0. The van der Waals surface area contributed by atoms with Crippen molar-refractivity contribution < 1.29 is 112 Å². The molecule has 0 fully saturated rings. The monoisotopic (exact) mass is 724 g/mol. The fourth-order valence-corrected chi connectivity index (χ4v) is 4.80. The number of azo groups is 1. The molecule has 1 heterocycles. The summed E-state index contributed by atoms with van der Waals surface area (Å²) >= 11 is 17.7. The van der Waals surface area contributed by atoms with Gasteiger partial charge in [0.2, 0.25) is 5.28 Å². The molecule has 1 radical (unpaired) electrons. The van der Waals surface area contributed by atoms with Gasteiger partial charge < -0.3 is 24.6 Å². The Balaban J connectivity index is 0.00000280. The number of benzene rings is 3. The molecular weight excluding hydrogens is 718 g/mol. The molecule has 0 spiro atoms. The maximum absolute atomic E-state index is 13.1. The normalized spacial score (nSPS) is 11.4. The fourth-order valence-electron chi connectivity index (χ4n) is 3.15. The van der Waals surface area contributed by atoms with Crippen molar-refractivity contribution >= 4 is 88.7 Å². The first-order valence-electron chi connectivity index (χ1n) is 9.73. The van der Waals surface area contributed by atoms with E-state index in [1.807, 2.05) is 0 Å². The van der Waals surface area contributed by atoms with E-state index in [-0.39, 0.29) is 114 Å². The number of nitrogens with one attached hydrogen (secondary N) is 1. The molecule has 0 bridgehead atoms. The first-order chi connectivity index (χ1) is 17.6. The summed E-state index contributed by atoms with van der Waals surface area (Å²) in [5.41, 5.74) is -1.38. The molecule has 0 atom stereocenters. The molecule has 4 rings (SSSR count). The van der Waals surface area contributed by atoms with E-state index in [1.54, 1.807) is 0 Å². The zero-order valence-corrected chi connectivity index (χ0v) is 29.2. The Labute approximate surface area is 302 Å². The molecule has 0 unspecified atom stereocenters. The molecule has 0 saturated heterocycles. The van der Waals surface area contributed by atoms with Gasteiger partial charge >= 0.3 is 76.2 Å². The summed E-state index contributed by atoms with van der Waals surface area (Å²) in [6.07, 6.45) is 0.